The van der Waals surface area contributed by atoms with Crippen molar-refractivity contribution in [3.8, 4) is 0 Å². The molecule has 1 aliphatic carbocycles. The van der Waals surface area contributed by atoms with Gasteiger partial charge in [-0.05, 0) is 45.6 Å². The van der Waals surface area contributed by atoms with Crippen LogP contribution < -0.4 is 0 Å². The number of rotatable bonds is 6. The average Bonchev–Trinajstić information content (AvgIpc) is 2.19. The first-order valence-electron chi connectivity index (χ1n) is 6.98. The summed E-state index contributed by atoms with van der Waals surface area (Å²) in [7, 11) is 0. The van der Waals surface area contributed by atoms with Crippen molar-refractivity contribution in [1.82, 2.24) is 0 Å². The Morgan fingerprint density at radius 1 is 1.28 bits per heavy atom. The number of hydrogen-bond acceptors (Lipinski definition) is 2. The standard InChI is InChI=1S/C16H26O2/c1-6-7-8-9-10-13-11-12(2)14(13)15(17)18-16(3,4)5/h2,6-11H2,1,3-5H3. The molecule has 0 aromatic carbocycles. The molecule has 0 unspecified atom stereocenters. The summed E-state index contributed by atoms with van der Waals surface area (Å²) in [6, 6.07) is 0. The van der Waals surface area contributed by atoms with Gasteiger partial charge in [-0.25, -0.2) is 4.79 Å². The zero-order chi connectivity index (χ0) is 13.8. The van der Waals surface area contributed by atoms with Crippen molar-refractivity contribution in [2.24, 2.45) is 0 Å². The van der Waals surface area contributed by atoms with E-state index >= 15 is 0 Å². The molecule has 0 atom stereocenters. The summed E-state index contributed by atoms with van der Waals surface area (Å²) in [5, 5.41) is 0. The zero-order valence-electron chi connectivity index (χ0n) is 12.3. The second-order valence-electron chi connectivity index (χ2n) is 6.07. The van der Waals surface area contributed by atoms with Crippen LogP contribution in [0.4, 0.5) is 0 Å². The molecule has 2 heteroatoms. The fourth-order valence-corrected chi connectivity index (χ4v) is 2.17. The van der Waals surface area contributed by atoms with Crippen LogP contribution in [0, 0.1) is 0 Å². The molecule has 1 rings (SSSR count). The Hall–Kier alpha value is -1.05. The van der Waals surface area contributed by atoms with Crippen molar-refractivity contribution < 1.29 is 9.53 Å². The predicted molar refractivity (Wildman–Crippen MR) is 75.4 cm³/mol. The zero-order valence-corrected chi connectivity index (χ0v) is 12.3. The van der Waals surface area contributed by atoms with Gasteiger partial charge in [0, 0.05) is 0 Å². The fraction of sp³-hybridized carbons (Fsp3) is 0.688. The lowest BCUT2D eigenvalue weighted by atomic mass is 9.81. The molecular formula is C16H26O2. The Morgan fingerprint density at radius 3 is 2.44 bits per heavy atom. The van der Waals surface area contributed by atoms with Crippen molar-refractivity contribution in [3.63, 3.8) is 0 Å². The predicted octanol–water partition coefficient (Wildman–Crippen LogP) is 4.56. The van der Waals surface area contributed by atoms with Gasteiger partial charge in [-0.2, -0.15) is 0 Å². The highest BCUT2D eigenvalue weighted by atomic mass is 16.6. The van der Waals surface area contributed by atoms with Crippen molar-refractivity contribution in [2.75, 3.05) is 0 Å². The molecule has 0 fully saturated rings. The first kappa shape index (κ1) is 15.0. The van der Waals surface area contributed by atoms with Crippen LogP contribution in [-0.4, -0.2) is 11.6 Å². The molecule has 2 nitrogen and oxygen atoms in total. The Morgan fingerprint density at radius 2 is 1.94 bits per heavy atom. The largest absolute Gasteiger partial charge is 0.456 e. The van der Waals surface area contributed by atoms with Crippen LogP contribution in [0.15, 0.2) is 23.3 Å². The molecule has 0 heterocycles. The van der Waals surface area contributed by atoms with Crippen LogP contribution in [0.5, 0.6) is 0 Å². The molecule has 18 heavy (non-hydrogen) atoms. The Kier molecular flexibility index (Phi) is 5.18. The molecule has 0 saturated carbocycles. The number of ether oxygens (including phenoxy) is 1. The second kappa shape index (κ2) is 6.21. The molecule has 0 N–H and O–H groups in total. The first-order valence-corrected chi connectivity index (χ1v) is 6.98. The van der Waals surface area contributed by atoms with Gasteiger partial charge in [0.05, 0.1) is 5.57 Å². The van der Waals surface area contributed by atoms with Crippen LogP contribution in [0.25, 0.3) is 0 Å². The molecule has 0 aromatic heterocycles. The quantitative estimate of drug-likeness (QED) is 0.510. The molecule has 0 bridgehead atoms. The van der Waals surface area contributed by atoms with Crippen LogP contribution >= 0.6 is 0 Å². The summed E-state index contributed by atoms with van der Waals surface area (Å²) in [5.41, 5.74) is 2.52. The molecule has 0 spiro atoms. The van der Waals surface area contributed by atoms with Crippen LogP contribution in [-0.2, 0) is 9.53 Å². The van der Waals surface area contributed by atoms with Gasteiger partial charge < -0.3 is 4.74 Å². The second-order valence-corrected chi connectivity index (χ2v) is 6.07. The molecule has 0 amide bonds. The average molecular weight is 250 g/mol. The lowest BCUT2D eigenvalue weighted by molar-refractivity contribution is -0.149. The minimum atomic E-state index is -0.423. The van der Waals surface area contributed by atoms with Crippen molar-refractivity contribution in [3.05, 3.63) is 23.3 Å². The van der Waals surface area contributed by atoms with E-state index in [-0.39, 0.29) is 5.97 Å². The number of unbranched alkanes of at least 4 members (excludes halogenated alkanes) is 3. The van der Waals surface area contributed by atoms with Gasteiger partial charge in [0.1, 0.15) is 5.60 Å². The van der Waals surface area contributed by atoms with E-state index in [1.54, 1.807) is 0 Å². The number of allylic oxidation sites excluding steroid dienone is 1. The van der Waals surface area contributed by atoms with Gasteiger partial charge in [-0.15, -0.1) is 0 Å². The topological polar surface area (TPSA) is 26.3 Å². The van der Waals surface area contributed by atoms with Crippen molar-refractivity contribution in [1.29, 1.82) is 0 Å². The SMILES string of the molecule is C=C1CC(CCCCCC)=C1C(=O)OC(C)(C)C. The molecule has 0 saturated heterocycles. The maximum Gasteiger partial charge on any atom is 0.338 e. The number of hydrogen-bond donors (Lipinski definition) is 0. The smallest absolute Gasteiger partial charge is 0.338 e. The maximum absolute atomic E-state index is 12.0. The lowest BCUT2D eigenvalue weighted by Gasteiger charge is -2.28. The molecule has 1 aliphatic rings. The van der Waals surface area contributed by atoms with Gasteiger partial charge in [0.2, 0.25) is 0 Å². The van der Waals surface area contributed by atoms with E-state index in [2.05, 4.69) is 13.5 Å². The maximum atomic E-state index is 12.0. The van der Waals surface area contributed by atoms with Crippen LogP contribution in [0.1, 0.15) is 66.2 Å². The molecular weight excluding hydrogens is 224 g/mol. The summed E-state index contributed by atoms with van der Waals surface area (Å²) < 4.78 is 5.41. The summed E-state index contributed by atoms with van der Waals surface area (Å²) in [6.45, 7) is 11.8. The van der Waals surface area contributed by atoms with Gasteiger partial charge in [-0.3, -0.25) is 0 Å². The van der Waals surface area contributed by atoms with Gasteiger partial charge in [-0.1, -0.05) is 38.3 Å². The minimum Gasteiger partial charge on any atom is -0.456 e. The van der Waals surface area contributed by atoms with Gasteiger partial charge >= 0.3 is 5.97 Å². The highest BCUT2D eigenvalue weighted by Crippen LogP contribution is 2.37. The highest BCUT2D eigenvalue weighted by molar-refractivity contribution is 5.97. The number of esters is 1. The molecule has 0 aliphatic heterocycles. The normalized spacial score (nSPS) is 15.7. The Bertz CT molecular complexity index is 356. The Balaban J connectivity index is 2.55. The van der Waals surface area contributed by atoms with Gasteiger partial charge in [0.25, 0.3) is 0 Å². The third kappa shape index (κ3) is 4.32. The van der Waals surface area contributed by atoms with Crippen LogP contribution in [0.2, 0.25) is 0 Å². The lowest BCUT2D eigenvalue weighted by Crippen LogP contribution is -2.28. The monoisotopic (exact) mass is 250 g/mol. The van der Waals surface area contributed by atoms with E-state index in [0.29, 0.717) is 0 Å². The van der Waals surface area contributed by atoms with E-state index in [9.17, 15) is 4.79 Å². The summed E-state index contributed by atoms with van der Waals surface area (Å²) in [6.07, 6.45) is 6.84. The minimum absolute atomic E-state index is 0.191. The summed E-state index contributed by atoms with van der Waals surface area (Å²) >= 11 is 0. The third-order valence-corrected chi connectivity index (χ3v) is 3.07. The summed E-state index contributed by atoms with van der Waals surface area (Å²) in [4.78, 5) is 12.0. The molecule has 102 valence electrons. The van der Waals surface area contributed by atoms with E-state index in [1.165, 1.54) is 31.3 Å². The highest BCUT2D eigenvalue weighted by Gasteiger charge is 2.30. The van der Waals surface area contributed by atoms with E-state index < -0.39 is 5.60 Å². The number of carbonyl (C=O) groups excluding carboxylic acids is 1. The van der Waals surface area contributed by atoms with Crippen LogP contribution in [0.3, 0.4) is 0 Å². The number of carbonyl (C=O) groups is 1. The van der Waals surface area contributed by atoms with Gasteiger partial charge in [0.15, 0.2) is 0 Å². The fourth-order valence-electron chi connectivity index (χ4n) is 2.17. The molecule has 0 aromatic rings. The van der Waals surface area contributed by atoms with E-state index in [0.717, 1.165) is 24.0 Å². The first-order chi connectivity index (χ1) is 8.35. The van der Waals surface area contributed by atoms with Crippen molar-refractivity contribution >= 4 is 5.97 Å². The van der Waals surface area contributed by atoms with Crippen molar-refractivity contribution in [2.45, 2.75) is 71.8 Å². The third-order valence-electron chi connectivity index (χ3n) is 3.07. The Labute approximate surface area is 111 Å². The van der Waals surface area contributed by atoms with E-state index in [4.69, 9.17) is 4.74 Å². The summed E-state index contributed by atoms with van der Waals surface area (Å²) in [5.74, 6) is -0.191. The molecule has 0 radical (unpaired) electrons. The van der Waals surface area contributed by atoms with E-state index in [1.807, 2.05) is 20.8 Å².